The molecule has 1 aromatic heterocycles. The van der Waals surface area contributed by atoms with Crippen LogP contribution in [0.2, 0.25) is 0 Å². The fraction of sp³-hybridized carbons (Fsp3) is 0.571. The Morgan fingerprint density at radius 2 is 1.46 bits per heavy atom. The first-order valence-electron chi connectivity index (χ1n) is 3.85. The van der Waals surface area contributed by atoms with Crippen molar-refractivity contribution in [3.8, 4) is 0 Å². The predicted octanol–water partition coefficient (Wildman–Crippen LogP) is -0.876. The van der Waals surface area contributed by atoms with Crippen molar-refractivity contribution >= 4 is 59.9 Å². The van der Waals surface area contributed by atoms with E-state index in [1.807, 2.05) is 0 Å². The summed E-state index contributed by atoms with van der Waals surface area (Å²) in [6.45, 7) is 0. The standard InChI is InChI=1S/C7H9NS2.I3/c8-7-9-5-3-1-2-4-6(5)10-7;1-3-2/h8H,1-4H2;/q;-1/p+1. The normalized spacial score (nSPS) is 14.6. The van der Waals surface area contributed by atoms with Crippen LogP contribution in [0.3, 0.4) is 0 Å². The van der Waals surface area contributed by atoms with Gasteiger partial charge in [-0.15, -0.1) is 0 Å². The molecule has 0 amide bonds. The molecule has 2 rings (SSSR count). The molecule has 13 heavy (non-hydrogen) atoms. The molecule has 1 nitrogen and oxygen atoms in total. The van der Waals surface area contributed by atoms with E-state index < -0.39 is 0 Å². The van der Waals surface area contributed by atoms with E-state index in [1.54, 1.807) is 32.4 Å². The number of rotatable bonds is 0. The van der Waals surface area contributed by atoms with Gasteiger partial charge in [-0.25, -0.2) is 5.41 Å². The van der Waals surface area contributed by atoms with Gasteiger partial charge in [0.25, 0.3) is 0 Å². The van der Waals surface area contributed by atoms with Crippen LogP contribution in [0, 0.1) is 0 Å². The van der Waals surface area contributed by atoms with E-state index in [-0.39, 0.29) is 0 Å². The fourth-order valence-electron chi connectivity index (χ4n) is 1.33. The molecular weight excluding hydrogens is 543 g/mol. The molecule has 0 aromatic carbocycles. The maximum atomic E-state index is 5.70. The van der Waals surface area contributed by atoms with Gasteiger partial charge in [0.1, 0.15) is 0 Å². The molecule has 1 heterocycles. The van der Waals surface area contributed by atoms with Gasteiger partial charge in [-0.3, -0.25) is 0 Å². The van der Waals surface area contributed by atoms with E-state index >= 15 is 0 Å². The Morgan fingerprint density at radius 3 is 1.85 bits per heavy atom. The van der Waals surface area contributed by atoms with Crippen LogP contribution >= 0.6 is 59.9 Å². The van der Waals surface area contributed by atoms with Gasteiger partial charge in [0.15, 0.2) is 0 Å². The molecular formula is C7H10I3NS2. The van der Waals surface area contributed by atoms with Crippen molar-refractivity contribution in [2.24, 2.45) is 0 Å². The van der Waals surface area contributed by atoms with Crippen LogP contribution in [0.1, 0.15) is 22.6 Å². The molecule has 0 bridgehead atoms. The van der Waals surface area contributed by atoms with Gasteiger partial charge in [0.2, 0.25) is 0 Å². The van der Waals surface area contributed by atoms with Crippen LogP contribution in [-0.4, -0.2) is 0 Å². The molecule has 0 spiro atoms. The van der Waals surface area contributed by atoms with Crippen LogP contribution in [-0.2, 0) is 12.8 Å². The van der Waals surface area contributed by atoms with E-state index in [4.69, 9.17) is 5.41 Å². The van der Waals surface area contributed by atoms with Crippen molar-refractivity contribution in [3.05, 3.63) is 13.7 Å². The molecule has 0 atom stereocenters. The Labute approximate surface area is 116 Å². The summed E-state index contributed by atoms with van der Waals surface area (Å²) in [5, 5.41) is 5.70. The maximum absolute atomic E-state index is 5.70. The first kappa shape index (κ1) is 13.1. The molecule has 6 heteroatoms. The second kappa shape index (κ2) is 7.34. The van der Waals surface area contributed by atoms with Gasteiger partial charge >= 0.3 is 54.5 Å². The molecule has 0 radical (unpaired) electrons. The molecule has 0 fully saturated rings. The summed E-state index contributed by atoms with van der Waals surface area (Å²) in [5.74, 6) is 0. The fourth-order valence-corrected chi connectivity index (χ4v) is 3.76. The largest absolute Gasteiger partial charge is 0.311 e. The van der Waals surface area contributed by atoms with Gasteiger partial charge in [-0.1, -0.05) is 22.7 Å². The zero-order valence-corrected chi connectivity index (χ0v) is 15.0. The van der Waals surface area contributed by atoms with Gasteiger partial charge in [-0.05, 0) is 25.7 Å². The van der Waals surface area contributed by atoms with Gasteiger partial charge < -0.3 is 0 Å². The van der Waals surface area contributed by atoms with Gasteiger partial charge in [0, 0.05) is 9.75 Å². The minimum Gasteiger partial charge on any atom is -0.236 e. The van der Waals surface area contributed by atoms with Crippen LogP contribution in [0.25, 0.3) is 0 Å². The Kier molecular flexibility index (Phi) is 7.40. The van der Waals surface area contributed by atoms with E-state index in [0.29, 0.717) is 13.3 Å². The second-order valence-corrected chi connectivity index (χ2v) is 21.4. The molecule has 1 aliphatic rings. The minimum absolute atomic E-state index is 0.530. The SMILES string of the molecule is I[I-]I.[NH2+]=c1sc2c(s1)CCCC2. The summed E-state index contributed by atoms with van der Waals surface area (Å²) in [6.07, 6.45) is 5.26. The van der Waals surface area contributed by atoms with Crippen LogP contribution in [0.5, 0.6) is 0 Å². The number of fused-ring (bicyclic) bond motifs is 1. The summed E-state index contributed by atoms with van der Waals surface area (Å²) >= 11 is 8.87. The van der Waals surface area contributed by atoms with E-state index in [2.05, 4.69) is 37.2 Å². The molecule has 0 saturated carbocycles. The Balaban J connectivity index is 0.000000251. The molecule has 0 unspecified atom stereocenters. The average molecular weight is 553 g/mol. The molecule has 0 aliphatic heterocycles. The van der Waals surface area contributed by atoms with E-state index in [9.17, 15) is 0 Å². The van der Waals surface area contributed by atoms with Crippen molar-refractivity contribution in [2.75, 3.05) is 0 Å². The Hall–Kier alpha value is 2.04. The minimum atomic E-state index is 0.530. The summed E-state index contributed by atoms with van der Waals surface area (Å²) in [4.78, 5) is 3.10. The van der Waals surface area contributed by atoms with Crippen molar-refractivity contribution in [1.82, 2.24) is 0 Å². The quantitative estimate of drug-likeness (QED) is 0.405. The van der Waals surface area contributed by atoms with E-state index in [1.165, 1.54) is 25.7 Å². The summed E-state index contributed by atoms with van der Waals surface area (Å²) in [6, 6.07) is 0. The summed E-state index contributed by atoms with van der Waals surface area (Å²) in [5.41, 5.74) is 0. The Morgan fingerprint density at radius 1 is 1.08 bits per heavy atom. The molecule has 0 saturated heterocycles. The predicted molar refractivity (Wildman–Crippen MR) is 71.9 cm³/mol. The summed E-state index contributed by atoms with van der Waals surface area (Å²) in [7, 11) is 0. The van der Waals surface area contributed by atoms with Crippen LogP contribution in [0.4, 0.5) is 0 Å². The van der Waals surface area contributed by atoms with Crippen LogP contribution < -0.4 is 22.6 Å². The van der Waals surface area contributed by atoms with Crippen LogP contribution in [0.15, 0.2) is 0 Å². The first-order chi connectivity index (χ1) is 6.27. The number of nitrogens with two attached hydrogens (primary N) is 1. The van der Waals surface area contributed by atoms with Gasteiger partial charge in [0.05, 0.1) is 0 Å². The zero-order chi connectivity index (χ0) is 9.68. The number of hydrogen-bond acceptors (Lipinski definition) is 2. The zero-order valence-electron chi connectivity index (χ0n) is 6.86. The average Bonchev–Trinajstić information content (AvgIpc) is 2.45. The molecule has 1 aromatic rings. The molecule has 1 aliphatic carbocycles. The van der Waals surface area contributed by atoms with Gasteiger partial charge in [-0.2, -0.15) is 0 Å². The number of hydrogen-bond donors (Lipinski definition) is 1. The third-order valence-corrected chi connectivity index (χ3v) is 4.24. The van der Waals surface area contributed by atoms with Crippen molar-refractivity contribution in [3.63, 3.8) is 0 Å². The summed E-state index contributed by atoms with van der Waals surface area (Å²) < 4.78 is 1.03. The third kappa shape index (κ3) is 4.60. The number of aryl methyl sites for hydroxylation is 2. The van der Waals surface area contributed by atoms with Crippen molar-refractivity contribution < 1.29 is 18.7 Å². The molecule has 2 N–H and O–H groups in total. The smallest absolute Gasteiger partial charge is 0.236 e. The first-order valence-corrected chi connectivity index (χ1v) is 18.1. The van der Waals surface area contributed by atoms with E-state index in [0.717, 1.165) is 3.98 Å². The number of halogens is 3. The Bertz CT molecular complexity index is 280. The van der Waals surface area contributed by atoms with Crippen molar-refractivity contribution in [2.45, 2.75) is 25.7 Å². The molecule has 76 valence electrons. The topological polar surface area (TPSA) is 25.6 Å². The maximum Gasteiger partial charge on any atom is 0.311 e. The second-order valence-electron chi connectivity index (χ2n) is 2.63. The third-order valence-electron chi connectivity index (χ3n) is 1.82. The monoisotopic (exact) mass is 553 g/mol. The van der Waals surface area contributed by atoms with Crippen molar-refractivity contribution in [1.29, 1.82) is 0 Å².